The summed E-state index contributed by atoms with van der Waals surface area (Å²) in [5.74, 6) is -0.292. The summed E-state index contributed by atoms with van der Waals surface area (Å²) in [5, 5.41) is 8.55. The quantitative estimate of drug-likeness (QED) is 0.854. The third-order valence-electron chi connectivity index (χ3n) is 4.16. The molecule has 5 nitrogen and oxygen atoms in total. The van der Waals surface area contributed by atoms with Crippen LogP contribution in [-0.4, -0.2) is 14.3 Å². The third kappa shape index (κ3) is 3.77. The van der Waals surface area contributed by atoms with Crippen molar-refractivity contribution < 1.29 is 13.2 Å². The first-order valence-electron chi connectivity index (χ1n) is 7.45. The first kappa shape index (κ1) is 17.0. The van der Waals surface area contributed by atoms with Crippen molar-refractivity contribution in [3.05, 3.63) is 64.7 Å². The van der Waals surface area contributed by atoms with E-state index in [1.54, 1.807) is 36.4 Å². The highest BCUT2D eigenvalue weighted by Gasteiger charge is 2.51. The summed E-state index contributed by atoms with van der Waals surface area (Å²) < 4.78 is 22.2. The number of amides is 1. The van der Waals surface area contributed by atoms with E-state index in [2.05, 4.69) is 5.32 Å². The van der Waals surface area contributed by atoms with Crippen molar-refractivity contribution in [3.8, 4) is 0 Å². The first-order chi connectivity index (χ1) is 11.3. The SMILES string of the molecule is NS(=O)(=O)Cc1ccc(NC(=O)C2(c3ccc(Cl)cc3)CC2)cc1. The van der Waals surface area contributed by atoms with E-state index < -0.39 is 15.4 Å². The van der Waals surface area contributed by atoms with Gasteiger partial charge in [-0.2, -0.15) is 0 Å². The van der Waals surface area contributed by atoms with Crippen molar-refractivity contribution in [2.75, 3.05) is 5.32 Å². The fourth-order valence-corrected chi connectivity index (χ4v) is 3.49. The number of nitrogens with two attached hydrogens (primary N) is 1. The number of nitrogens with one attached hydrogen (secondary N) is 1. The van der Waals surface area contributed by atoms with Crippen molar-refractivity contribution in [3.63, 3.8) is 0 Å². The fourth-order valence-electron chi connectivity index (χ4n) is 2.71. The zero-order chi connectivity index (χ0) is 17.4. The van der Waals surface area contributed by atoms with Crippen LogP contribution in [0.3, 0.4) is 0 Å². The van der Waals surface area contributed by atoms with Crippen LogP contribution in [0.25, 0.3) is 0 Å². The fraction of sp³-hybridized carbons (Fsp3) is 0.235. The van der Waals surface area contributed by atoms with Crippen LogP contribution in [0.1, 0.15) is 24.0 Å². The number of hydrogen-bond acceptors (Lipinski definition) is 3. The summed E-state index contributed by atoms with van der Waals surface area (Å²) in [6, 6.07) is 14.0. The number of benzene rings is 2. The minimum atomic E-state index is -3.56. The van der Waals surface area contributed by atoms with E-state index in [1.165, 1.54) is 0 Å². The molecule has 3 rings (SSSR count). The zero-order valence-corrected chi connectivity index (χ0v) is 14.4. The van der Waals surface area contributed by atoms with Crippen LogP contribution in [0, 0.1) is 0 Å². The largest absolute Gasteiger partial charge is 0.325 e. The topological polar surface area (TPSA) is 89.3 Å². The molecular weight excluding hydrogens is 348 g/mol. The van der Waals surface area contributed by atoms with Crippen molar-refractivity contribution in [1.82, 2.24) is 0 Å². The molecule has 0 bridgehead atoms. The van der Waals surface area contributed by atoms with Gasteiger partial charge in [-0.15, -0.1) is 0 Å². The van der Waals surface area contributed by atoms with Gasteiger partial charge < -0.3 is 5.32 Å². The van der Waals surface area contributed by atoms with Crippen molar-refractivity contribution >= 4 is 33.2 Å². The Morgan fingerprint density at radius 1 is 1.08 bits per heavy atom. The Morgan fingerprint density at radius 3 is 2.17 bits per heavy atom. The Balaban J connectivity index is 1.72. The average Bonchev–Trinajstić information content (AvgIpc) is 3.30. The van der Waals surface area contributed by atoms with Gasteiger partial charge in [0.15, 0.2) is 0 Å². The monoisotopic (exact) mass is 364 g/mol. The highest BCUT2D eigenvalue weighted by atomic mass is 35.5. The van der Waals surface area contributed by atoms with Crippen LogP contribution in [0.2, 0.25) is 5.02 Å². The second-order valence-electron chi connectivity index (χ2n) is 6.05. The molecule has 0 spiro atoms. The highest BCUT2D eigenvalue weighted by molar-refractivity contribution is 7.88. The summed E-state index contributed by atoms with van der Waals surface area (Å²) in [4.78, 5) is 12.6. The Labute approximate surface area is 145 Å². The van der Waals surface area contributed by atoms with Crippen molar-refractivity contribution in [1.29, 1.82) is 0 Å². The molecule has 126 valence electrons. The summed E-state index contributed by atoms with van der Waals surface area (Å²) in [5.41, 5.74) is 1.66. The number of hydrogen-bond donors (Lipinski definition) is 2. The highest BCUT2D eigenvalue weighted by Crippen LogP contribution is 2.49. The molecule has 1 fully saturated rings. The molecule has 1 amide bonds. The molecule has 1 saturated carbocycles. The lowest BCUT2D eigenvalue weighted by Gasteiger charge is -2.16. The van der Waals surface area contributed by atoms with E-state index in [0.717, 1.165) is 18.4 Å². The lowest BCUT2D eigenvalue weighted by atomic mass is 9.95. The molecule has 3 N–H and O–H groups in total. The maximum absolute atomic E-state index is 12.6. The van der Waals surface area contributed by atoms with Crippen LogP contribution >= 0.6 is 11.6 Å². The van der Waals surface area contributed by atoms with Gasteiger partial charge in [-0.05, 0) is 48.2 Å². The molecule has 0 saturated heterocycles. The number of carbonyl (C=O) groups excluding carboxylic acids is 1. The van der Waals surface area contributed by atoms with Crippen LogP contribution in [0.4, 0.5) is 5.69 Å². The smallest absolute Gasteiger partial charge is 0.235 e. The second-order valence-corrected chi connectivity index (χ2v) is 8.10. The second kappa shape index (κ2) is 6.20. The predicted octanol–water partition coefficient (Wildman–Crippen LogP) is 2.80. The summed E-state index contributed by atoms with van der Waals surface area (Å²) >= 11 is 5.90. The molecule has 0 unspecified atom stereocenters. The summed E-state index contributed by atoms with van der Waals surface area (Å²) in [6.07, 6.45) is 1.59. The molecule has 1 aliphatic carbocycles. The molecule has 2 aromatic rings. The molecule has 0 heterocycles. The number of anilines is 1. The number of sulfonamides is 1. The molecule has 2 aromatic carbocycles. The van der Waals surface area contributed by atoms with Crippen molar-refractivity contribution in [2.45, 2.75) is 24.0 Å². The number of rotatable bonds is 5. The van der Waals surface area contributed by atoms with Gasteiger partial charge >= 0.3 is 0 Å². The molecule has 0 atom stereocenters. The number of carbonyl (C=O) groups is 1. The van der Waals surface area contributed by atoms with Gasteiger partial charge in [-0.3, -0.25) is 4.79 Å². The van der Waals surface area contributed by atoms with Gasteiger partial charge in [-0.1, -0.05) is 35.9 Å². The Hall–Kier alpha value is -1.89. The molecule has 1 aliphatic rings. The molecular formula is C17H17ClN2O3S. The first-order valence-corrected chi connectivity index (χ1v) is 9.55. The lowest BCUT2D eigenvalue weighted by molar-refractivity contribution is -0.118. The number of halogens is 1. The normalized spacial score (nSPS) is 15.8. The minimum absolute atomic E-state index is 0.0657. The Morgan fingerprint density at radius 2 is 1.67 bits per heavy atom. The maximum atomic E-state index is 12.6. The van der Waals surface area contributed by atoms with Gasteiger partial charge in [0, 0.05) is 10.7 Å². The molecule has 0 aromatic heterocycles. The van der Waals surface area contributed by atoms with Crippen LogP contribution in [0.5, 0.6) is 0 Å². The van der Waals surface area contributed by atoms with Crippen LogP contribution in [-0.2, 0) is 26.0 Å². The van der Waals surface area contributed by atoms with E-state index >= 15 is 0 Å². The van der Waals surface area contributed by atoms with Crippen LogP contribution in [0.15, 0.2) is 48.5 Å². The lowest BCUT2D eigenvalue weighted by Crippen LogP contribution is -2.27. The molecule has 0 aliphatic heterocycles. The van der Waals surface area contributed by atoms with E-state index in [1.807, 2.05) is 12.1 Å². The molecule has 0 radical (unpaired) electrons. The maximum Gasteiger partial charge on any atom is 0.235 e. The zero-order valence-electron chi connectivity index (χ0n) is 12.8. The van der Waals surface area contributed by atoms with E-state index in [-0.39, 0.29) is 11.7 Å². The van der Waals surface area contributed by atoms with Crippen LogP contribution < -0.4 is 10.5 Å². The van der Waals surface area contributed by atoms with E-state index in [4.69, 9.17) is 16.7 Å². The predicted molar refractivity (Wildman–Crippen MR) is 94.2 cm³/mol. The minimum Gasteiger partial charge on any atom is -0.325 e. The standard InChI is InChI=1S/C17H17ClN2O3S/c18-14-5-3-13(4-6-14)17(9-10-17)16(21)20-15-7-1-12(2-8-15)11-24(19,22)23/h1-8H,9-11H2,(H,20,21)(H2,19,22,23). The number of primary sulfonamides is 1. The molecule has 7 heteroatoms. The van der Waals surface area contributed by atoms with Gasteiger partial charge in [0.1, 0.15) is 0 Å². The Kier molecular flexibility index (Phi) is 4.38. The summed E-state index contributed by atoms with van der Waals surface area (Å²) in [7, 11) is -3.56. The third-order valence-corrected chi connectivity index (χ3v) is 5.15. The molecule has 24 heavy (non-hydrogen) atoms. The average molecular weight is 365 g/mol. The van der Waals surface area contributed by atoms with E-state index in [0.29, 0.717) is 16.3 Å². The van der Waals surface area contributed by atoms with Crippen molar-refractivity contribution in [2.24, 2.45) is 5.14 Å². The van der Waals surface area contributed by atoms with Gasteiger partial charge in [0.2, 0.25) is 15.9 Å². The Bertz CT molecular complexity index is 858. The van der Waals surface area contributed by atoms with Gasteiger partial charge in [0.25, 0.3) is 0 Å². The van der Waals surface area contributed by atoms with E-state index in [9.17, 15) is 13.2 Å². The van der Waals surface area contributed by atoms with Gasteiger partial charge in [-0.25, -0.2) is 13.6 Å². The van der Waals surface area contributed by atoms with Gasteiger partial charge in [0.05, 0.1) is 11.2 Å². The summed E-state index contributed by atoms with van der Waals surface area (Å²) in [6.45, 7) is 0.